The van der Waals surface area contributed by atoms with E-state index in [1.807, 2.05) is 13.0 Å². The van der Waals surface area contributed by atoms with Gasteiger partial charge in [0.2, 0.25) is 0 Å². The molecule has 0 radical (unpaired) electrons. The number of hydrogen-bond donors (Lipinski definition) is 0. The van der Waals surface area contributed by atoms with Crippen molar-refractivity contribution in [1.82, 2.24) is 9.80 Å². The molecule has 114 valence electrons. The molecular weight excluding hydrogens is 252 g/mol. The highest BCUT2D eigenvalue weighted by Crippen LogP contribution is 2.20. The van der Waals surface area contributed by atoms with Crippen LogP contribution in [0, 0.1) is 0 Å². The van der Waals surface area contributed by atoms with Crippen molar-refractivity contribution in [1.29, 1.82) is 0 Å². The SMILES string of the molecule is CCOC(=O)/C=C/CN1CCC(N2CCCCC2)CC1. The lowest BCUT2D eigenvalue weighted by atomic mass is 10.00. The molecule has 0 aromatic carbocycles. The number of likely N-dealkylation sites (tertiary alicyclic amines) is 2. The fourth-order valence-corrected chi connectivity index (χ4v) is 3.24. The molecular formula is C16H28N2O2. The second kappa shape index (κ2) is 8.42. The predicted molar refractivity (Wildman–Crippen MR) is 80.7 cm³/mol. The molecule has 2 aliphatic heterocycles. The van der Waals surface area contributed by atoms with Crippen molar-refractivity contribution in [2.75, 3.05) is 39.3 Å². The van der Waals surface area contributed by atoms with Crippen LogP contribution in [0.4, 0.5) is 0 Å². The highest BCUT2D eigenvalue weighted by atomic mass is 16.5. The number of esters is 1. The summed E-state index contributed by atoms with van der Waals surface area (Å²) in [6, 6.07) is 0.792. The van der Waals surface area contributed by atoms with E-state index in [2.05, 4.69) is 9.80 Å². The largest absolute Gasteiger partial charge is 0.463 e. The molecule has 0 atom stereocenters. The second-order valence-corrected chi connectivity index (χ2v) is 5.78. The standard InChI is InChI=1S/C16H28N2O2/c1-2-20-16(19)7-6-10-17-13-8-15(9-14-17)18-11-4-3-5-12-18/h6-7,15H,2-5,8-14H2,1H3/b7-6+. The van der Waals surface area contributed by atoms with E-state index in [1.165, 1.54) is 45.2 Å². The summed E-state index contributed by atoms with van der Waals surface area (Å²) in [7, 11) is 0. The van der Waals surface area contributed by atoms with Crippen LogP contribution in [0.15, 0.2) is 12.2 Å². The van der Waals surface area contributed by atoms with Crippen LogP contribution in [-0.4, -0.2) is 61.1 Å². The summed E-state index contributed by atoms with van der Waals surface area (Å²) in [5, 5.41) is 0. The molecule has 0 aliphatic carbocycles. The van der Waals surface area contributed by atoms with E-state index < -0.39 is 0 Å². The number of hydrogen-bond acceptors (Lipinski definition) is 4. The van der Waals surface area contributed by atoms with E-state index in [-0.39, 0.29) is 5.97 Å². The minimum Gasteiger partial charge on any atom is -0.463 e. The quantitative estimate of drug-likeness (QED) is 0.570. The van der Waals surface area contributed by atoms with Gasteiger partial charge in [-0.1, -0.05) is 12.5 Å². The molecule has 20 heavy (non-hydrogen) atoms. The van der Waals surface area contributed by atoms with Gasteiger partial charge in [-0.15, -0.1) is 0 Å². The maximum absolute atomic E-state index is 11.2. The Balaban J connectivity index is 1.65. The molecule has 2 heterocycles. The third-order valence-corrected chi connectivity index (χ3v) is 4.37. The minimum absolute atomic E-state index is 0.226. The molecule has 0 spiro atoms. The van der Waals surface area contributed by atoms with Crippen LogP contribution in [0.25, 0.3) is 0 Å². The van der Waals surface area contributed by atoms with Gasteiger partial charge in [0, 0.05) is 18.7 Å². The van der Waals surface area contributed by atoms with E-state index in [1.54, 1.807) is 6.08 Å². The third kappa shape index (κ3) is 4.91. The van der Waals surface area contributed by atoms with Crippen LogP contribution in [0.3, 0.4) is 0 Å². The molecule has 0 aromatic heterocycles. The Bertz CT molecular complexity index is 316. The average Bonchev–Trinajstić information content (AvgIpc) is 2.49. The molecule has 0 bridgehead atoms. The number of rotatable bonds is 5. The Morgan fingerprint density at radius 1 is 1.15 bits per heavy atom. The minimum atomic E-state index is -0.226. The van der Waals surface area contributed by atoms with Gasteiger partial charge in [0.1, 0.15) is 0 Å². The van der Waals surface area contributed by atoms with Crippen molar-refractivity contribution in [3.8, 4) is 0 Å². The van der Waals surface area contributed by atoms with E-state index in [9.17, 15) is 4.79 Å². The van der Waals surface area contributed by atoms with Gasteiger partial charge in [-0.3, -0.25) is 4.90 Å². The molecule has 0 aromatic rings. The first kappa shape index (κ1) is 15.5. The van der Waals surface area contributed by atoms with Crippen LogP contribution < -0.4 is 0 Å². The number of ether oxygens (including phenoxy) is 1. The van der Waals surface area contributed by atoms with E-state index in [4.69, 9.17) is 4.74 Å². The van der Waals surface area contributed by atoms with Gasteiger partial charge in [0.05, 0.1) is 6.61 Å². The number of piperidine rings is 2. The topological polar surface area (TPSA) is 32.8 Å². The first-order valence-electron chi connectivity index (χ1n) is 8.09. The molecule has 0 N–H and O–H groups in total. The van der Waals surface area contributed by atoms with Crippen molar-refractivity contribution in [2.24, 2.45) is 0 Å². The second-order valence-electron chi connectivity index (χ2n) is 5.78. The predicted octanol–water partition coefficient (Wildman–Crippen LogP) is 2.06. The molecule has 2 fully saturated rings. The Morgan fingerprint density at radius 2 is 1.85 bits per heavy atom. The zero-order valence-corrected chi connectivity index (χ0v) is 12.7. The number of carbonyl (C=O) groups excluding carboxylic acids is 1. The summed E-state index contributed by atoms with van der Waals surface area (Å²) in [6.45, 7) is 8.04. The van der Waals surface area contributed by atoms with Crippen LogP contribution >= 0.6 is 0 Å². The van der Waals surface area contributed by atoms with Crippen molar-refractivity contribution in [3.63, 3.8) is 0 Å². The molecule has 2 saturated heterocycles. The van der Waals surface area contributed by atoms with Crippen LogP contribution in [0.5, 0.6) is 0 Å². The average molecular weight is 280 g/mol. The maximum Gasteiger partial charge on any atom is 0.330 e. The summed E-state index contributed by atoms with van der Waals surface area (Å²) >= 11 is 0. The van der Waals surface area contributed by atoms with Gasteiger partial charge in [0.25, 0.3) is 0 Å². The van der Waals surface area contributed by atoms with Gasteiger partial charge in [-0.05, 0) is 58.8 Å². The summed E-state index contributed by atoms with van der Waals surface area (Å²) in [5.41, 5.74) is 0. The fraction of sp³-hybridized carbons (Fsp3) is 0.812. The first-order chi connectivity index (χ1) is 9.79. The van der Waals surface area contributed by atoms with E-state index >= 15 is 0 Å². The van der Waals surface area contributed by atoms with Gasteiger partial charge in [-0.2, -0.15) is 0 Å². The van der Waals surface area contributed by atoms with Gasteiger partial charge in [-0.25, -0.2) is 4.79 Å². The van der Waals surface area contributed by atoms with Crippen LogP contribution in [0.2, 0.25) is 0 Å². The Kier molecular flexibility index (Phi) is 6.54. The molecule has 0 amide bonds. The summed E-state index contributed by atoms with van der Waals surface area (Å²) in [4.78, 5) is 16.3. The zero-order valence-electron chi connectivity index (χ0n) is 12.7. The Labute approximate surface area is 122 Å². The Hall–Kier alpha value is -0.870. The summed E-state index contributed by atoms with van der Waals surface area (Å²) in [5.74, 6) is -0.226. The maximum atomic E-state index is 11.2. The highest BCUT2D eigenvalue weighted by molar-refractivity contribution is 5.81. The highest BCUT2D eigenvalue weighted by Gasteiger charge is 2.24. The van der Waals surface area contributed by atoms with E-state index in [0.717, 1.165) is 25.7 Å². The van der Waals surface area contributed by atoms with Crippen molar-refractivity contribution in [2.45, 2.75) is 45.1 Å². The lowest BCUT2D eigenvalue weighted by Gasteiger charge is -2.40. The van der Waals surface area contributed by atoms with Crippen molar-refractivity contribution >= 4 is 5.97 Å². The van der Waals surface area contributed by atoms with Gasteiger partial charge in [0.15, 0.2) is 0 Å². The molecule has 4 nitrogen and oxygen atoms in total. The lowest BCUT2D eigenvalue weighted by Crippen LogP contribution is -2.46. The molecule has 0 unspecified atom stereocenters. The number of carbonyl (C=O) groups is 1. The molecule has 0 saturated carbocycles. The van der Waals surface area contributed by atoms with Crippen molar-refractivity contribution in [3.05, 3.63) is 12.2 Å². The zero-order chi connectivity index (χ0) is 14.2. The molecule has 2 rings (SSSR count). The van der Waals surface area contributed by atoms with E-state index in [0.29, 0.717) is 6.61 Å². The van der Waals surface area contributed by atoms with Crippen LogP contribution in [-0.2, 0) is 9.53 Å². The summed E-state index contributed by atoms with van der Waals surface area (Å²) in [6.07, 6.45) is 10.2. The lowest BCUT2D eigenvalue weighted by molar-refractivity contribution is -0.137. The van der Waals surface area contributed by atoms with Gasteiger partial charge < -0.3 is 9.64 Å². The summed E-state index contributed by atoms with van der Waals surface area (Å²) < 4.78 is 4.88. The molecule has 4 heteroatoms. The fourth-order valence-electron chi connectivity index (χ4n) is 3.24. The van der Waals surface area contributed by atoms with Crippen molar-refractivity contribution < 1.29 is 9.53 Å². The molecule has 2 aliphatic rings. The Morgan fingerprint density at radius 3 is 2.50 bits per heavy atom. The van der Waals surface area contributed by atoms with Crippen LogP contribution in [0.1, 0.15) is 39.0 Å². The smallest absolute Gasteiger partial charge is 0.330 e. The van der Waals surface area contributed by atoms with Gasteiger partial charge >= 0.3 is 5.97 Å². The monoisotopic (exact) mass is 280 g/mol. The normalized spacial score (nSPS) is 23.2. The number of nitrogens with zero attached hydrogens (tertiary/aromatic N) is 2. The first-order valence-corrected chi connectivity index (χ1v) is 8.09. The third-order valence-electron chi connectivity index (χ3n) is 4.37.